The van der Waals surface area contributed by atoms with Crippen LogP contribution in [0.5, 0.6) is 0 Å². The molecule has 2 aromatic rings. The van der Waals surface area contributed by atoms with Crippen molar-refractivity contribution in [3.63, 3.8) is 0 Å². The molecule has 0 spiro atoms. The number of hydrogen-bond acceptors (Lipinski definition) is 4. The third-order valence-corrected chi connectivity index (χ3v) is 3.81. The van der Waals surface area contributed by atoms with Crippen LogP contribution >= 0.6 is 15.9 Å². The molecule has 1 N–H and O–H groups in total. The summed E-state index contributed by atoms with van der Waals surface area (Å²) in [6, 6.07) is 1.94. The Morgan fingerprint density at radius 2 is 2.26 bits per heavy atom. The molecule has 7 heteroatoms. The van der Waals surface area contributed by atoms with Gasteiger partial charge in [-0.3, -0.25) is 15.1 Å². The summed E-state index contributed by atoms with van der Waals surface area (Å²) < 4.78 is 2.55. The van der Waals surface area contributed by atoms with Gasteiger partial charge in [-0.2, -0.15) is 0 Å². The van der Waals surface area contributed by atoms with Gasteiger partial charge in [0.05, 0.1) is 5.41 Å². The number of amides is 1. The van der Waals surface area contributed by atoms with Gasteiger partial charge in [0.25, 0.3) is 0 Å². The van der Waals surface area contributed by atoms with Crippen molar-refractivity contribution in [2.24, 2.45) is 7.05 Å². The van der Waals surface area contributed by atoms with Crippen LogP contribution in [0.15, 0.2) is 29.3 Å². The van der Waals surface area contributed by atoms with Crippen molar-refractivity contribution < 1.29 is 4.79 Å². The molecule has 1 aliphatic rings. The van der Waals surface area contributed by atoms with Crippen LogP contribution < -0.4 is 5.32 Å². The second kappa shape index (κ2) is 4.41. The Hall–Kier alpha value is -1.76. The van der Waals surface area contributed by atoms with E-state index in [9.17, 15) is 4.79 Å². The second-order valence-corrected chi connectivity index (χ2v) is 5.61. The number of carbonyl (C=O) groups is 1. The fraction of sp³-hybridized carbons (Fsp3) is 0.333. The van der Waals surface area contributed by atoms with Gasteiger partial charge in [0.2, 0.25) is 11.9 Å². The molecule has 1 saturated carbocycles. The van der Waals surface area contributed by atoms with Crippen molar-refractivity contribution in [3.8, 4) is 0 Å². The first-order valence-electron chi connectivity index (χ1n) is 5.88. The van der Waals surface area contributed by atoms with Gasteiger partial charge in [-0.05, 0) is 40.4 Å². The van der Waals surface area contributed by atoms with Crippen molar-refractivity contribution in [2.45, 2.75) is 18.3 Å². The molecule has 1 amide bonds. The topological polar surface area (TPSA) is 72.7 Å². The van der Waals surface area contributed by atoms with E-state index < -0.39 is 5.41 Å². The average Bonchev–Trinajstić information content (AvgIpc) is 3.11. The highest BCUT2D eigenvalue weighted by Crippen LogP contribution is 2.49. The molecular weight excluding hydrogens is 310 g/mol. The van der Waals surface area contributed by atoms with Crippen molar-refractivity contribution in [3.05, 3.63) is 34.8 Å². The van der Waals surface area contributed by atoms with Crippen LogP contribution in [0.2, 0.25) is 0 Å². The minimum atomic E-state index is -0.470. The summed E-state index contributed by atoms with van der Waals surface area (Å²) in [7, 11) is 1.79. The summed E-state index contributed by atoms with van der Waals surface area (Å²) in [5.41, 5.74) is 0.462. The van der Waals surface area contributed by atoms with Crippen LogP contribution in [0, 0.1) is 0 Å². The maximum atomic E-state index is 12.4. The molecule has 0 aromatic carbocycles. The summed E-state index contributed by atoms with van der Waals surface area (Å²) in [6.45, 7) is 0. The molecule has 0 aliphatic heterocycles. The maximum absolute atomic E-state index is 12.4. The van der Waals surface area contributed by atoms with Gasteiger partial charge in [-0.25, -0.2) is 0 Å². The molecule has 98 valence electrons. The molecule has 0 atom stereocenters. The summed E-state index contributed by atoms with van der Waals surface area (Å²) in [4.78, 5) is 16.6. The molecule has 19 heavy (non-hydrogen) atoms. The van der Waals surface area contributed by atoms with E-state index in [1.807, 2.05) is 6.07 Å². The van der Waals surface area contributed by atoms with Crippen molar-refractivity contribution in [2.75, 3.05) is 5.32 Å². The zero-order valence-electron chi connectivity index (χ0n) is 10.3. The predicted octanol–water partition coefficient (Wildman–Crippen LogP) is 1.64. The lowest BCUT2D eigenvalue weighted by Crippen LogP contribution is -2.29. The normalized spacial score (nSPS) is 16.1. The molecule has 3 rings (SSSR count). The largest absolute Gasteiger partial charge is 0.303 e. The molecule has 2 aromatic heterocycles. The molecule has 0 unspecified atom stereocenters. The fourth-order valence-corrected chi connectivity index (χ4v) is 2.43. The first-order chi connectivity index (χ1) is 9.12. The van der Waals surface area contributed by atoms with Gasteiger partial charge in [0.15, 0.2) is 0 Å². The van der Waals surface area contributed by atoms with E-state index in [-0.39, 0.29) is 5.91 Å². The number of carbonyl (C=O) groups excluding carboxylic acids is 1. The third kappa shape index (κ3) is 2.14. The molecule has 0 saturated heterocycles. The van der Waals surface area contributed by atoms with E-state index in [2.05, 4.69) is 36.4 Å². The lowest BCUT2D eigenvalue weighted by molar-refractivity contribution is -0.118. The first kappa shape index (κ1) is 12.3. The zero-order valence-corrected chi connectivity index (χ0v) is 11.9. The molecule has 0 bridgehead atoms. The molecule has 0 radical (unpaired) electrons. The van der Waals surface area contributed by atoms with Gasteiger partial charge < -0.3 is 4.57 Å². The van der Waals surface area contributed by atoms with E-state index in [4.69, 9.17) is 0 Å². The highest BCUT2D eigenvalue weighted by Gasteiger charge is 2.51. The highest BCUT2D eigenvalue weighted by atomic mass is 79.9. The van der Waals surface area contributed by atoms with Crippen LogP contribution in [-0.4, -0.2) is 25.7 Å². The average molecular weight is 322 g/mol. The number of nitrogens with zero attached hydrogens (tertiary/aromatic N) is 4. The van der Waals surface area contributed by atoms with Crippen LogP contribution in [0.4, 0.5) is 5.95 Å². The van der Waals surface area contributed by atoms with Gasteiger partial charge >= 0.3 is 0 Å². The number of halogens is 1. The van der Waals surface area contributed by atoms with Crippen LogP contribution in [0.1, 0.15) is 18.4 Å². The minimum Gasteiger partial charge on any atom is -0.303 e. The van der Waals surface area contributed by atoms with Crippen LogP contribution in [0.25, 0.3) is 0 Å². The predicted molar refractivity (Wildman–Crippen MR) is 72.5 cm³/mol. The van der Waals surface area contributed by atoms with Crippen molar-refractivity contribution in [1.82, 2.24) is 19.7 Å². The summed E-state index contributed by atoms with van der Waals surface area (Å²) in [5, 5.41) is 10.4. The zero-order chi connectivity index (χ0) is 13.5. The van der Waals surface area contributed by atoms with Crippen LogP contribution in [-0.2, 0) is 17.3 Å². The molecule has 2 heterocycles. The SMILES string of the molecule is Cn1cnnc1NC(=O)C1(c2cncc(Br)c2)CC1. The number of pyridine rings is 1. The Kier molecular flexibility index (Phi) is 2.85. The van der Waals surface area contributed by atoms with Gasteiger partial charge in [-0.1, -0.05) is 0 Å². The Morgan fingerprint density at radius 1 is 1.47 bits per heavy atom. The Morgan fingerprint density at radius 3 is 2.84 bits per heavy atom. The number of aryl methyl sites for hydroxylation is 1. The highest BCUT2D eigenvalue weighted by molar-refractivity contribution is 9.10. The fourth-order valence-electron chi connectivity index (χ4n) is 2.06. The Balaban J connectivity index is 1.85. The smallest absolute Gasteiger partial charge is 0.237 e. The summed E-state index contributed by atoms with van der Waals surface area (Å²) in [6.07, 6.45) is 6.66. The Bertz CT molecular complexity index is 635. The Labute approximate surface area is 118 Å². The molecule has 1 fully saturated rings. The second-order valence-electron chi connectivity index (χ2n) is 4.69. The van der Waals surface area contributed by atoms with Crippen molar-refractivity contribution >= 4 is 27.8 Å². The monoisotopic (exact) mass is 321 g/mol. The molecule has 1 aliphatic carbocycles. The standard InChI is InChI=1S/C12H12BrN5O/c1-18-7-15-17-11(18)16-10(19)12(2-3-12)8-4-9(13)6-14-5-8/h4-7H,2-3H2,1H3,(H,16,17,19). The number of rotatable bonds is 3. The van der Waals surface area contributed by atoms with Crippen LogP contribution in [0.3, 0.4) is 0 Å². The van der Waals surface area contributed by atoms with Gasteiger partial charge in [0, 0.05) is 23.9 Å². The quantitative estimate of drug-likeness (QED) is 0.932. The third-order valence-electron chi connectivity index (χ3n) is 3.38. The maximum Gasteiger partial charge on any atom is 0.237 e. The van der Waals surface area contributed by atoms with Crippen molar-refractivity contribution in [1.29, 1.82) is 0 Å². The molecular formula is C12H12BrN5O. The van der Waals surface area contributed by atoms with Gasteiger partial charge in [0.1, 0.15) is 6.33 Å². The first-order valence-corrected chi connectivity index (χ1v) is 6.68. The minimum absolute atomic E-state index is 0.0523. The number of aromatic nitrogens is 4. The summed E-state index contributed by atoms with van der Waals surface area (Å²) in [5.74, 6) is 0.405. The lowest BCUT2D eigenvalue weighted by Gasteiger charge is -2.14. The van der Waals surface area contributed by atoms with E-state index >= 15 is 0 Å². The number of nitrogens with one attached hydrogen (secondary N) is 1. The number of anilines is 1. The van der Waals surface area contributed by atoms with E-state index in [0.29, 0.717) is 5.95 Å². The lowest BCUT2D eigenvalue weighted by atomic mass is 9.97. The summed E-state index contributed by atoms with van der Waals surface area (Å²) >= 11 is 3.38. The molecule has 6 nitrogen and oxygen atoms in total. The van der Waals surface area contributed by atoms with E-state index in [0.717, 1.165) is 22.9 Å². The van der Waals surface area contributed by atoms with E-state index in [1.54, 1.807) is 30.3 Å². The number of hydrogen-bond donors (Lipinski definition) is 1. The van der Waals surface area contributed by atoms with E-state index in [1.165, 1.54) is 0 Å². The van der Waals surface area contributed by atoms with Gasteiger partial charge in [-0.15, -0.1) is 10.2 Å².